The van der Waals surface area contributed by atoms with Crippen LogP contribution in [0.2, 0.25) is 0 Å². The second-order valence-corrected chi connectivity index (χ2v) is 4.84. The minimum atomic E-state index is 0.302. The van der Waals surface area contributed by atoms with Gasteiger partial charge in [-0.2, -0.15) is 0 Å². The molecule has 4 nitrogen and oxygen atoms in total. The van der Waals surface area contributed by atoms with Gasteiger partial charge < -0.3 is 9.13 Å². The van der Waals surface area contributed by atoms with Gasteiger partial charge in [-0.25, -0.2) is 9.97 Å². The first-order valence-electron chi connectivity index (χ1n) is 6.68. The quantitative estimate of drug-likeness (QED) is 0.735. The Morgan fingerprint density at radius 2 is 1.56 bits per heavy atom. The molecule has 0 aliphatic heterocycles. The third kappa shape index (κ3) is 2.63. The fourth-order valence-electron chi connectivity index (χ4n) is 2.40. The number of aromatic nitrogens is 4. The first-order valence-corrected chi connectivity index (χ1v) is 6.68. The summed E-state index contributed by atoms with van der Waals surface area (Å²) in [6.07, 6.45) is 12.6. The van der Waals surface area contributed by atoms with Crippen LogP contribution in [0.25, 0.3) is 0 Å². The molecule has 2 aromatic heterocycles. The minimum absolute atomic E-state index is 0.302. The van der Waals surface area contributed by atoms with Crippen LogP contribution in [0.15, 0.2) is 24.8 Å². The van der Waals surface area contributed by atoms with E-state index in [9.17, 15) is 0 Å². The van der Waals surface area contributed by atoms with E-state index in [2.05, 4.69) is 40.1 Å². The second-order valence-electron chi connectivity index (χ2n) is 4.84. The van der Waals surface area contributed by atoms with E-state index in [-0.39, 0.29) is 0 Å². The topological polar surface area (TPSA) is 35.6 Å². The Labute approximate surface area is 109 Å². The summed E-state index contributed by atoms with van der Waals surface area (Å²) >= 11 is 0. The van der Waals surface area contributed by atoms with Crippen molar-refractivity contribution in [3.05, 3.63) is 36.4 Å². The smallest absolute Gasteiger partial charge is 0.119 e. The number of aryl methyl sites for hydroxylation is 2. The zero-order valence-electron chi connectivity index (χ0n) is 11.5. The molecule has 2 rings (SSSR count). The van der Waals surface area contributed by atoms with E-state index in [0.29, 0.717) is 5.92 Å². The van der Waals surface area contributed by atoms with E-state index in [1.54, 1.807) is 0 Å². The third-order valence-electron chi connectivity index (χ3n) is 3.44. The summed E-state index contributed by atoms with van der Waals surface area (Å²) < 4.78 is 4.20. The predicted molar refractivity (Wildman–Crippen MR) is 72.4 cm³/mol. The van der Waals surface area contributed by atoms with Crippen molar-refractivity contribution in [2.75, 3.05) is 0 Å². The molecule has 0 aromatic carbocycles. The van der Waals surface area contributed by atoms with Crippen molar-refractivity contribution in [2.45, 2.75) is 38.5 Å². The summed E-state index contributed by atoms with van der Waals surface area (Å²) in [6.45, 7) is 2.23. The van der Waals surface area contributed by atoms with Gasteiger partial charge in [0.05, 0.1) is 5.92 Å². The lowest BCUT2D eigenvalue weighted by atomic mass is 9.99. The van der Waals surface area contributed by atoms with E-state index in [1.165, 1.54) is 19.3 Å². The highest BCUT2D eigenvalue weighted by Gasteiger charge is 2.21. The molecule has 98 valence electrons. The lowest BCUT2D eigenvalue weighted by molar-refractivity contribution is 0.549. The molecule has 0 atom stereocenters. The van der Waals surface area contributed by atoms with Crippen LogP contribution in [0.5, 0.6) is 0 Å². The summed E-state index contributed by atoms with van der Waals surface area (Å²) in [7, 11) is 4.11. The zero-order chi connectivity index (χ0) is 13.0. The van der Waals surface area contributed by atoms with Gasteiger partial charge in [-0.15, -0.1) is 0 Å². The SMILES string of the molecule is CCCCCC(c1nccn1C)c1nccn1C. The van der Waals surface area contributed by atoms with Crippen LogP contribution in [0, 0.1) is 0 Å². The van der Waals surface area contributed by atoms with Crippen LogP contribution < -0.4 is 0 Å². The minimum Gasteiger partial charge on any atom is -0.337 e. The zero-order valence-corrected chi connectivity index (χ0v) is 11.5. The lowest BCUT2D eigenvalue weighted by Crippen LogP contribution is -2.12. The Balaban J connectivity index is 2.24. The van der Waals surface area contributed by atoms with E-state index in [0.717, 1.165) is 18.1 Å². The van der Waals surface area contributed by atoms with Gasteiger partial charge in [-0.3, -0.25) is 0 Å². The molecule has 18 heavy (non-hydrogen) atoms. The van der Waals surface area contributed by atoms with Crippen LogP contribution in [0.1, 0.15) is 50.2 Å². The van der Waals surface area contributed by atoms with Crippen LogP contribution in [-0.4, -0.2) is 19.1 Å². The molecular weight excluding hydrogens is 224 g/mol. The van der Waals surface area contributed by atoms with Crippen molar-refractivity contribution in [1.29, 1.82) is 0 Å². The summed E-state index contributed by atoms with van der Waals surface area (Å²) in [4.78, 5) is 9.00. The van der Waals surface area contributed by atoms with Gasteiger partial charge in [0.15, 0.2) is 0 Å². The van der Waals surface area contributed by atoms with Crippen LogP contribution in [0.4, 0.5) is 0 Å². The van der Waals surface area contributed by atoms with Gasteiger partial charge in [0, 0.05) is 38.9 Å². The van der Waals surface area contributed by atoms with Crippen LogP contribution in [-0.2, 0) is 14.1 Å². The van der Waals surface area contributed by atoms with Gasteiger partial charge in [-0.05, 0) is 6.42 Å². The number of nitrogens with zero attached hydrogens (tertiary/aromatic N) is 4. The van der Waals surface area contributed by atoms with Crippen molar-refractivity contribution in [2.24, 2.45) is 14.1 Å². The highest BCUT2D eigenvalue weighted by atomic mass is 15.1. The van der Waals surface area contributed by atoms with Gasteiger partial charge in [0.1, 0.15) is 11.6 Å². The highest BCUT2D eigenvalue weighted by Crippen LogP contribution is 2.27. The Morgan fingerprint density at radius 3 is 1.94 bits per heavy atom. The van der Waals surface area contributed by atoms with Gasteiger partial charge in [-0.1, -0.05) is 26.2 Å². The molecule has 0 saturated heterocycles. The number of imidazole rings is 2. The Bertz CT molecular complexity index is 443. The van der Waals surface area contributed by atoms with E-state index in [1.807, 2.05) is 24.8 Å². The molecule has 0 aliphatic rings. The lowest BCUT2D eigenvalue weighted by Gasteiger charge is -2.16. The Hall–Kier alpha value is -1.58. The standard InChI is InChI=1S/C14H22N4/c1-4-5-6-7-12(13-15-8-10-17(13)2)14-16-9-11-18(14)3/h8-12H,4-7H2,1-3H3. The number of rotatable bonds is 6. The molecule has 0 saturated carbocycles. The average Bonchev–Trinajstić information content (AvgIpc) is 2.95. The van der Waals surface area contributed by atoms with Crippen molar-refractivity contribution in [3.63, 3.8) is 0 Å². The maximum Gasteiger partial charge on any atom is 0.119 e. The summed E-state index contributed by atoms with van der Waals surface area (Å²) in [5, 5.41) is 0. The molecule has 2 heterocycles. The van der Waals surface area contributed by atoms with Crippen molar-refractivity contribution >= 4 is 0 Å². The van der Waals surface area contributed by atoms with E-state index < -0.39 is 0 Å². The monoisotopic (exact) mass is 246 g/mol. The first kappa shape index (κ1) is 12.9. The molecular formula is C14H22N4. The second kappa shape index (κ2) is 5.85. The molecule has 0 spiro atoms. The molecule has 0 aliphatic carbocycles. The number of unbranched alkanes of at least 4 members (excludes halogenated alkanes) is 2. The predicted octanol–water partition coefficient (Wildman–Crippen LogP) is 2.87. The van der Waals surface area contributed by atoms with Gasteiger partial charge >= 0.3 is 0 Å². The molecule has 0 radical (unpaired) electrons. The Kier molecular flexibility index (Phi) is 4.18. The maximum absolute atomic E-state index is 4.50. The summed E-state index contributed by atoms with van der Waals surface area (Å²) in [5.74, 6) is 2.53. The summed E-state index contributed by atoms with van der Waals surface area (Å²) in [6, 6.07) is 0. The molecule has 0 unspecified atom stereocenters. The number of hydrogen-bond acceptors (Lipinski definition) is 2. The van der Waals surface area contributed by atoms with Crippen LogP contribution in [0.3, 0.4) is 0 Å². The molecule has 0 fully saturated rings. The average molecular weight is 246 g/mol. The van der Waals surface area contributed by atoms with E-state index in [4.69, 9.17) is 0 Å². The first-order chi connectivity index (χ1) is 8.74. The molecule has 0 N–H and O–H groups in total. The third-order valence-corrected chi connectivity index (χ3v) is 3.44. The fourth-order valence-corrected chi connectivity index (χ4v) is 2.40. The highest BCUT2D eigenvalue weighted by molar-refractivity contribution is 5.13. The summed E-state index contributed by atoms with van der Waals surface area (Å²) in [5.41, 5.74) is 0. The molecule has 2 aromatic rings. The van der Waals surface area contributed by atoms with Crippen molar-refractivity contribution in [1.82, 2.24) is 19.1 Å². The van der Waals surface area contributed by atoms with Crippen molar-refractivity contribution in [3.8, 4) is 0 Å². The van der Waals surface area contributed by atoms with Gasteiger partial charge in [0.25, 0.3) is 0 Å². The fraction of sp³-hybridized carbons (Fsp3) is 0.571. The maximum atomic E-state index is 4.50. The van der Waals surface area contributed by atoms with E-state index >= 15 is 0 Å². The molecule has 4 heteroatoms. The Morgan fingerprint density at radius 1 is 1.00 bits per heavy atom. The number of hydrogen-bond donors (Lipinski definition) is 0. The van der Waals surface area contributed by atoms with Crippen LogP contribution >= 0.6 is 0 Å². The van der Waals surface area contributed by atoms with Crippen molar-refractivity contribution < 1.29 is 0 Å². The molecule has 0 bridgehead atoms. The van der Waals surface area contributed by atoms with Gasteiger partial charge in [0.2, 0.25) is 0 Å². The normalized spacial score (nSPS) is 11.3. The molecule has 0 amide bonds. The largest absolute Gasteiger partial charge is 0.337 e.